The molecule has 1 aromatic heterocycles. The van der Waals surface area contributed by atoms with Gasteiger partial charge < -0.3 is 23.9 Å². The van der Waals surface area contributed by atoms with Gasteiger partial charge in [0, 0.05) is 11.1 Å². The summed E-state index contributed by atoms with van der Waals surface area (Å²) in [7, 11) is 0. The Hall–Kier alpha value is -4.11. The van der Waals surface area contributed by atoms with Crippen LogP contribution >= 0.6 is 11.6 Å². The molecule has 0 saturated carbocycles. The number of oxazole rings is 1. The number of anilines is 1. The number of amides is 1. The molecule has 0 radical (unpaired) electrons. The minimum atomic E-state index is -0.937. The van der Waals surface area contributed by atoms with Crippen molar-refractivity contribution >= 4 is 40.3 Å². The van der Waals surface area contributed by atoms with Crippen LogP contribution in [0.3, 0.4) is 0 Å². The first kappa shape index (κ1) is 24.0. The molecule has 1 N–H and O–H groups in total. The molecule has 0 spiro atoms. The number of carbonyl (C=O) groups excluding carboxylic acids is 2. The van der Waals surface area contributed by atoms with Gasteiger partial charge in [-0.1, -0.05) is 11.6 Å². The standard InChI is InChI=1S/C25H20ClFN2O6/c1-3-32-24(31)15-4-10-20(19(27)12-15)28-23(30)14(2)33-17-6-8-18(9-7-17)34-25-29-21-11-5-16(26)13-22(21)35-25/h4-14H,3H2,1-2H3,(H,28,30)/t14-/m1/s1. The smallest absolute Gasteiger partial charge is 0.400 e. The van der Waals surface area contributed by atoms with E-state index in [1.54, 1.807) is 49.4 Å². The summed E-state index contributed by atoms with van der Waals surface area (Å²) >= 11 is 5.94. The van der Waals surface area contributed by atoms with Gasteiger partial charge in [0.1, 0.15) is 22.8 Å². The van der Waals surface area contributed by atoms with Gasteiger partial charge in [0.05, 0.1) is 17.9 Å². The van der Waals surface area contributed by atoms with Gasteiger partial charge in [0.2, 0.25) is 0 Å². The number of rotatable bonds is 8. The Morgan fingerprint density at radius 1 is 1.09 bits per heavy atom. The Morgan fingerprint density at radius 3 is 2.54 bits per heavy atom. The molecular formula is C25H20ClFN2O6. The SMILES string of the molecule is CCOC(=O)c1ccc(NC(=O)[C@@H](C)Oc2ccc(Oc3nc4ccc(Cl)cc4o3)cc2)c(F)c1. The second kappa shape index (κ2) is 10.4. The number of benzene rings is 3. The highest BCUT2D eigenvalue weighted by Crippen LogP contribution is 2.28. The number of aromatic nitrogens is 1. The van der Waals surface area contributed by atoms with Crippen LogP contribution in [0.25, 0.3) is 11.1 Å². The molecule has 1 heterocycles. The Labute approximate surface area is 204 Å². The van der Waals surface area contributed by atoms with Crippen molar-refractivity contribution in [2.75, 3.05) is 11.9 Å². The summed E-state index contributed by atoms with van der Waals surface area (Å²) in [5.74, 6) is -1.15. The normalized spacial score (nSPS) is 11.7. The van der Waals surface area contributed by atoms with Crippen molar-refractivity contribution in [1.82, 2.24) is 4.98 Å². The van der Waals surface area contributed by atoms with Crippen molar-refractivity contribution < 1.29 is 32.6 Å². The number of hydrogen-bond donors (Lipinski definition) is 1. The van der Waals surface area contributed by atoms with Crippen molar-refractivity contribution in [3.05, 3.63) is 77.1 Å². The number of hydrogen-bond acceptors (Lipinski definition) is 7. The summed E-state index contributed by atoms with van der Waals surface area (Å²) in [6.45, 7) is 3.35. The number of nitrogens with one attached hydrogen (secondary N) is 1. The van der Waals surface area contributed by atoms with E-state index in [0.29, 0.717) is 27.6 Å². The highest BCUT2D eigenvalue weighted by Gasteiger charge is 2.18. The second-order valence-electron chi connectivity index (χ2n) is 7.33. The van der Waals surface area contributed by atoms with Crippen LogP contribution in [-0.4, -0.2) is 29.6 Å². The summed E-state index contributed by atoms with van der Waals surface area (Å²) in [5.41, 5.74) is 1.08. The maximum absolute atomic E-state index is 14.3. The average molecular weight is 499 g/mol. The van der Waals surface area contributed by atoms with Gasteiger partial charge in [0.25, 0.3) is 5.91 Å². The zero-order chi connectivity index (χ0) is 24.9. The van der Waals surface area contributed by atoms with Crippen LogP contribution < -0.4 is 14.8 Å². The summed E-state index contributed by atoms with van der Waals surface area (Å²) in [4.78, 5) is 28.4. The molecule has 0 unspecified atom stereocenters. The molecule has 180 valence electrons. The highest BCUT2D eigenvalue weighted by molar-refractivity contribution is 6.31. The molecule has 0 aliphatic heterocycles. The molecule has 4 rings (SSSR count). The van der Waals surface area contributed by atoms with Crippen LogP contribution in [0.4, 0.5) is 10.1 Å². The van der Waals surface area contributed by atoms with Crippen molar-refractivity contribution in [3.63, 3.8) is 0 Å². The third kappa shape index (κ3) is 5.88. The van der Waals surface area contributed by atoms with E-state index in [1.165, 1.54) is 19.1 Å². The highest BCUT2D eigenvalue weighted by atomic mass is 35.5. The van der Waals surface area contributed by atoms with Gasteiger partial charge in [-0.2, -0.15) is 4.98 Å². The second-order valence-corrected chi connectivity index (χ2v) is 7.77. The van der Waals surface area contributed by atoms with Crippen LogP contribution in [0.2, 0.25) is 5.02 Å². The Bertz CT molecular complexity index is 1370. The fraction of sp³-hybridized carbons (Fsp3) is 0.160. The molecule has 0 aliphatic carbocycles. The molecule has 0 aliphatic rings. The summed E-state index contributed by atoms with van der Waals surface area (Å²) in [6, 6.07) is 15.2. The van der Waals surface area contributed by atoms with Crippen LogP contribution in [0.15, 0.2) is 65.1 Å². The van der Waals surface area contributed by atoms with Crippen LogP contribution in [0.1, 0.15) is 24.2 Å². The molecule has 35 heavy (non-hydrogen) atoms. The molecule has 0 saturated heterocycles. The predicted octanol–water partition coefficient (Wildman–Crippen LogP) is 6.00. The molecule has 1 amide bonds. The number of esters is 1. The van der Waals surface area contributed by atoms with E-state index in [2.05, 4.69) is 10.3 Å². The third-order valence-corrected chi connectivity index (χ3v) is 5.02. The molecular weight excluding hydrogens is 479 g/mol. The first-order valence-electron chi connectivity index (χ1n) is 10.6. The molecule has 8 nitrogen and oxygen atoms in total. The van der Waals surface area contributed by atoms with Gasteiger partial charge in [-0.15, -0.1) is 0 Å². The zero-order valence-corrected chi connectivity index (χ0v) is 19.5. The Kier molecular flexibility index (Phi) is 7.17. The maximum Gasteiger partial charge on any atom is 0.400 e. The topological polar surface area (TPSA) is 99.9 Å². The first-order valence-corrected chi connectivity index (χ1v) is 11.0. The summed E-state index contributed by atoms with van der Waals surface area (Å²) < 4.78 is 35.9. The van der Waals surface area contributed by atoms with Crippen molar-refractivity contribution in [2.24, 2.45) is 0 Å². The minimum absolute atomic E-state index is 0.0515. The largest absolute Gasteiger partial charge is 0.481 e. The van der Waals surface area contributed by atoms with Gasteiger partial charge in [-0.3, -0.25) is 4.79 Å². The van der Waals surface area contributed by atoms with Gasteiger partial charge in [-0.25, -0.2) is 9.18 Å². The summed E-state index contributed by atoms with van der Waals surface area (Å²) in [5, 5.41) is 2.97. The third-order valence-electron chi connectivity index (χ3n) is 4.78. The van der Waals surface area contributed by atoms with Crippen molar-refractivity contribution in [1.29, 1.82) is 0 Å². The Balaban J connectivity index is 1.34. The van der Waals surface area contributed by atoms with E-state index in [-0.39, 0.29) is 23.9 Å². The molecule has 4 aromatic rings. The quantitative estimate of drug-likeness (QED) is 0.297. The first-order chi connectivity index (χ1) is 16.8. The number of fused-ring (bicyclic) bond motifs is 1. The van der Waals surface area contributed by atoms with E-state index in [4.69, 9.17) is 30.2 Å². The van der Waals surface area contributed by atoms with E-state index in [9.17, 15) is 14.0 Å². The van der Waals surface area contributed by atoms with Gasteiger partial charge >= 0.3 is 12.0 Å². The lowest BCUT2D eigenvalue weighted by molar-refractivity contribution is -0.122. The average Bonchev–Trinajstić information content (AvgIpc) is 3.23. The maximum atomic E-state index is 14.3. The van der Waals surface area contributed by atoms with E-state index in [1.807, 2.05) is 0 Å². The molecule has 0 bridgehead atoms. The van der Waals surface area contributed by atoms with E-state index < -0.39 is 23.8 Å². The van der Waals surface area contributed by atoms with Crippen LogP contribution in [0, 0.1) is 5.82 Å². The van der Waals surface area contributed by atoms with Crippen molar-refractivity contribution in [2.45, 2.75) is 20.0 Å². The van der Waals surface area contributed by atoms with E-state index in [0.717, 1.165) is 6.07 Å². The number of carbonyl (C=O) groups is 2. The summed E-state index contributed by atoms with van der Waals surface area (Å²) in [6.07, 6.45) is -0.882. The number of nitrogens with zero attached hydrogens (tertiary/aromatic N) is 1. The van der Waals surface area contributed by atoms with Crippen LogP contribution in [0.5, 0.6) is 17.6 Å². The fourth-order valence-electron chi connectivity index (χ4n) is 3.06. The van der Waals surface area contributed by atoms with Crippen LogP contribution in [-0.2, 0) is 9.53 Å². The molecule has 3 aromatic carbocycles. The zero-order valence-electron chi connectivity index (χ0n) is 18.7. The van der Waals surface area contributed by atoms with Gasteiger partial charge in [-0.05, 0) is 68.4 Å². The monoisotopic (exact) mass is 498 g/mol. The minimum Gasteiger partial charge on any atom is -0.481 e. The fourth-order valence-corrected chi connectivity index (χ4v) is 3.22. The lowest BCUT2D eigenvalue weighted by Crippen LogP contribution is -2.30. The number of ether oxygens (including phenoxy) is 3. The molecule has 10 heteroatoms. The number of halogens is 2. The lowest BCUT2D eigenvalue weighted by Gasteiger charge is -2.15. The van der Waals surface area contributed by atoms with Crippen molar-refractivity contribution in [3.8, 4) is 17.6 Å². The Morgan fingerprint density at radius 2 is 1.83 bits per heavy atom. The van der Waals surface area contributed by atoms with Gasteiger partial charge in [0.15, 0.2) is 11.7 Å². The molecule has 0 fully saturated rings. The predicted molar refractivity (Wildman–Crippen MR) is 127 cm³/mol. The lowest BCUT2D eigenvalue weighted by atomic mass is 10.2. The molecule has 1 atom stereocenters. The van der Waals surface area contributed by atoms with E-state index >= 15 is 0 Å².